The van der Waals surface area contributed by atoms with Crippen LogP contribution in [0.1, 0.15) is 43.4 Å². The van der Waals surface area contributed by atoms with Crippen LogP contribution < -0.4 is 0 Å². The molecule has 0 spiro atoms. The van der Waals surface area contributed by atoms with Crippen molar-refractivity contribution in [3.8, 4) is 0 Å². The first-order chi connectivity index (χ1) is 8.86. The Morgan fingerprint density at radius 3 is 2.78 bits per heavy atom. The lowest BCUT2D eigenvalue weighted by molar-refractivity contribution is 0.470. The molecule has 2 heterocycles. The molecule has 0 saturated heterocycles. The second-order valence-corrected chi connectivity index (χ2v) is 5.19. The van der Waals surface area contributed by atoms with Gasteiger partial charge in [-0.25, -0.2) is 4.68 Å². The van der Waals surface area contributed by atoms with E-state index in [-0.39, 0.29) is 0 Å². The van der Waals surface area contributed by atoms with E-state index < -0.39 is 0 Å². The third-order valence-electron chi connectivity index (χ3n) is 2.72. The third-order valence-corrected chi connectivity index (χ3v) is 3.63. The van der Waals surface area contributed by atoms with Crippen molar-refractivity contribution >= 4 is 11.8 Å². The van der Waals surface area contributed by atoms with Gasteiger partial charge in [-0.15, -0.1) is 27.1 Å². The number of thioether (sulfide) groups is 1. The number of hydrogen-bond acceptors (Lipinski definition) is 7. The molecule has 1 saturated carbocycles. The quantitative estimate of drug-likeness (QED) is 0.781. The van der Waals surface area contributed by atoms with Crippen LogP contribution in [-0.2, 0) is 17.9 Å². The Kier molecular flexibility index (Phi) is 3.26. The summed E-state index contributed by atoms with van der Waals surface area (Å²) < 4.78 is 7.37. The Morgan fingerprint density at radius 2 is 2.06 bits per heavy atom. The van der Waals surface area contributed by atoms with E-state index in [9.17, 15) is 0 Å². The van der Waals surface area contributed by atoms with E-state index in [1.807, 2.05) is 11.6 Å². The van der Waals surface area contributed by atoms with Gasteiger partial charge in [-0.1, -0.05) is 6.92 Å². The van der Waals surface area contributed by atoms with Gasteiger partial charge in [0.25, 0.3) is 0 Å². The monoisotopic (exact) mass is 266 g/mol. The Bertz CT molecular complexity index is 520. The fourth-order valence-electron chi connectivity index (χ4n) is 1.63. The first-order valence-corrected chi connectivity index (χ1v) is 7.18. The summed E-state index contributed by atoms with van der Waals surface area (Å²) >= 11 is 1.69. The van der Waals surface area contributed by atoms with Crippen LogP contribution in [0.5, 0.6) is 0 Å². The zero-order valence-corrected chi connectivity index (χ0v) is 10.9. The summed E-state index contributed by atoms with van der Waals surface area (Å²) in [5, 5.41) is 19.7. The average molecular weight is 266 g/mol. The fourth-order valence-corrected chi connectivity index (χ4v) is 2.40. The zero-order chi connectivity index (χ0) is 12.4. The average Bonchev–Trinajstić information content (AvgIpc) is 2.95. The van der Waals surface area contributed by atoms with E-state index in [1.54, 1.807) is 11.8 Å². The predicted molar refractivity (Wildman–Crippen MR) is 64.8 cm³/mol. The van der Waals surface area contributed by atoms with Crippen molar-refractivity contribution in [2.45, 2.75) is 43.7 Å². The van der Waals surface area contributed by atoms with Crippen LogP contribution in [0, 0.1) is 0 Å². The summed E-state index contributed by atoms with van der Waals surface area (Å²) in [5.41, 5.74) is 0. The molecule has 0 aliphatic heterocycles. The summed E-state index contributed by atoms with van der Waals surface area (Å²) in [6.07, 6.45) is 3.15. The zero-order valence-electron chi connectivity index (χ0n) is 10.1. The Balaban J connectivity index is 1.53. The maximum Gasteiger partial charge on any atom is 0.226 e. The Hall–Kier alpha value is -1.44. The molecule has 0 atom stereocenters. The van der Waals surface area contributed by atoms with Gasteiger partial charge in [-0.3, -0.25) is 0 Å². The molecule has 1 aliphatic rings. The van der Waals surface area contributed by atoms with Crippen molar-refractivity contribution in [1.29, 1.82) is 0 Å². The molecule has 0 amide bonds. The first-order valence-electron chi connectivity index (χ1n) is 6.02. The molecular formula is C10H14N6OS. The molecule has 8 heteroatoms. The maximum atomic E-state index is 5.44. The van der Waals surface area contributed by atoms with Crippen molar-refractivity contribution in [3.05, 3.63) is 17.6 Å². The molecule has 2 aromatic heterocycles. The van der Waals surface area contributed by atoms with Gasteiger partial charge in [-0.05, 0) is 23.3 Å². The van der Waals surface area contributed by atoms with E-state index >= 15 is 0 Å². The van der Waals surface area contributed by atoms with Crippen molar-refractivity contribution in [1.82, 2.24) is 30.4 Å². The van der Waals surface area contributed by atoms with Crippen LogP contribution in [0.15, 0.2) is 4.42 Å². The Morgan fingerprint density at radius 1 is 1.22 bits per heavy atom. The SMILES string of the molecule is CCc1nnc(CSCc2nnnn2C2CC2)o1. The van der Waals surface area contributed by atoms with Crippen LogP contribution in [0.25, 0.3) is 0 Å². The second kappa shape index (κ2) is 5.05. The van der Waals surface area contributed by atoms with E-state index in [4.69, 9.17) is 4.42 Å². The minimum Gasteiger partial charge on any atom is -0.424 e. The summed E-state index contributed by atoms with van der Waals surface area (Å²) in [6, 6.07) is 0.519. The molecule has 0 aromatic carbocycles. The number of aryl methyl sites for hydroxylation is 1. The smallest absolute Gasteiger partial charge is 0.226 e. The summed E-state index contributed by atoms with van der Waals surface area (Å²) in [6.45, 7) is 1.99. The molecule has 0 bridgehead atoms. The highest BCUT2D eigenvalue weighted by Gasteiger charge is 2.27. The molecule has 2 aromatic rings. The molecule has 96 valence electrons. The predicted octanol–water partition coefficient (Wildman–Crippen LogP) is 1.39. The molecule has 0 unspecified atom stereocenters. The molecule has 3 rings (SSSR count). The maximum absolute atomic E-state index is 5.44. The van der Waals surface area contributed by atoms with Crippen LogP contribution >= 0.6 is 11.8 Å². The largest absolute Gasteiger partial charge is 0.424 e. The van der Waals surface area contributed by atoms with Crippen LogP contribution in [0.4, 0.5) is 0 Å². The van der Waals surface area contributed by atoms with Gasteiger partial charge in [-0.2, -0.15) is 0 Å². The highest BCUT2D eigenvalue weighted by molar-refractivity contribution is 7.97. The van der Waals surface area contributed by atoms with Crippen molar-refractivity contribution < 1.29 is 4.42 Å². The lowest BCUT2D eigenvalue weighted by Crippen LogP contribution is -2.02. The number of aromatic nitrogens is 6. The van der Waals surface area contributed by atoms with Crippen LogP contribution in [-0.4, -0.2) is 30.4 Å². The number of tetrazole rings is 1. The molecule has 0 radical (unpaired) electrons. The molecule has 1 fully saturated rings. The van der Waals surface area contributed by atoms with E-state index in [0.29, 0.717) is 23.6 Å². The van der Waals surface area contributed by atoms with Crippen LogP contribution in [0.2, 0.25) is 0 Å². The van der Waals surface area contributed by atoms with E-state index in [2.05, 4.69) is 25.7 Å². The van der Waals surface area contributed by atoms with Gasteiger partial charge in [0.1, 0.15) is 0 Å². The standard InChI is InChI=1S/C10H14N6OS/c1-2-9-12-13-10(17-9)6-18-5-8-11-14-15-16(8)7-3-4-7/h7H,2-6H2,1H3. The van der Waals surface area contributed by atoms with Crippen molar-refractivity contribution in [2.75, 3.05) is 0 Å². The van der Waals surface area contributed by atoms with Gasteiger partial charge >= 0.3 is 0 Å². The van der Waals surface area contributed by atoms with Gasteiger partial charge in [0.05, 0.1) is 17.5 Å². The molecule has 0 N–H and O–H groups in total. The van der Waals surface area contributed by atoms with Gasteiger partial charge in [0, 0.05) is 6.42 Å². The summed E-state index contributed by atoms with van der Waals surface area (Å²) in [5.74, 6) is 3.76. The number of rotatable bonds is 6. The fraction of sp³-hybridized carbons (Fsp3) is 0.700. The normalized spacial score (nSPS) is 15.2. The minimum atomic E-state index is 0.519. The topological polar surface area (TPSA) is 82.5 Å². The molecular weight excluding hydrogens is 252 g/mol. The van der Waals surface area contributed by atoms with Gasteiger partial charge in [0.15, 0.2) is 5.82 Å². The highest BCUT2D eigenvalue weighted by Crippen LogP contribution is 2.35. The molecule has 1 aliphatic carbocycles. The summed E-state index contributed by atoms with van der Waals surface area (Å²) in [4.78, 5) is 0. The first kappa shape index (κ1) is 11.6. The second-order valence-electron chi connectivity index (χ2n) is 4.21. The number of nitrogens with zero attached hydrogens (tertiary/aromatic N) is 6. The lowest BCUT2D eigenvalue weighted by Gasteiger charge is -2.00. The van der Waals surface area contributed by atoms with Gasteiger partial charge in [0.2, 0.25) is 11.8 Å². The Labute approximate surface area is 108 Å². The van der Waals surface area contributed by atoms with Crippen molar-refractivity contribution in [2.24, 2.45) is 0 Å². The number of hydrogen-bond donors (Lipinski definition) is 0. The molecule has 18 heavy (non-hydrogen) atoms. The minimum absolute atomic E-state index is 0.519. The van der Waals surface area contributed by atoms with Crippen LogP contribution in [0.3, 0.4) is 0 Å². The van der Waals surface area contributed by atoms with Crippen molar-refractivity contribution in [3.63, 3.8) is 0 Å². The third kappa shape index (κ3) is 2.53. The lowest BCUT2D eigenvalue weighted by atomic mass is 10.5. The summed E-state index contributed by atoms with van der Waals surface area (Å²) in [7, 11) is 0. The van der Waals surface area contributed by atoms with Gasteiger partial charge < -0.3 is 4.42 Å². The van der Waals surface area contributed by atoms with E-state index in [1.165, 1.54) is 12.8 Å². The van der Waals surface area contributed by atoms with E-state index in [0.717, 1.165) is 18.0 Å². The highest BCUT2D eigenvalue weighted by atomic mass is 32.2. The molecule has 7 nitrogen and oxygen atoms in total.